The van der Waals surface area contributed by atoms with Crippen molar-refractivity contribution in [3.8, 4) is 0 Å². The Morgan fingerprint density at radius 2 is 1.93 bits per heavy atom. The lowest BCUT2D eigenvalue weighted by Gasteiger charge is -2.24. The predicted molar refractivity (Wildman–Crippen MR) is 58.0 cm³/mol. The number of carbonyl (C=O) groups is 1. The fourth-order valence-corrected chi connectivity index (χ4v) is 1.46. The van der Waals surface area contributed by atoms with E-state index in [1.165, 1.54) is 0 Å². The van der Waals surface area contributed by atoms with E-state index in [-0.39, 0.29) is 5.78 Å². The van der Waals surface area contributed by atoms with Crippen molar-refractivity contribution in [1.82, 2.24) is 0 Å². The number of benzene rings is 1. The lowest BCUT2D eigenvalue weighted by molar-refractivity contribution is -0.122. The van der Waals surface area contributed by atoms with Crippen molar-refractivity contribution in [3.05, 3.63) is 35.9 Å². The molecule has 2 nitrogen and oxygen atoms in total. The molecular formula is C12H17NO. The van der Waals surface area contributed by atoms with Crippen LogP contribution >= 0.6 is 0 Å². The summed E-state index contributed by atoms with van der Waals surface area (Å²) in [4.78, 5) is 11.4. The summed E-state index contributed by atoms with van der Waals surface area (Å²) in [5.41, 5.74) is 6.45. The number of hydrogen-bond donors (Lipinski definition) is 1. The van der Waals surface area contributed by atoms with Gasteiger partial charge >= 0.3 is 0 Å². The first-order valence-electron chi connectivity index (χ1n) is 4.92. The van der Waals surface area contributed by atoms with E-state index in [4.69, 9.17) is 5.73 Å². The van der Waals surface area contributed by atoms with Crippen molar-refractivity contribution in [1.29, 1.82) is 0 Å². The van der Waals surface area contributed by atoms with Crippen LogP contribution in [0.1, 0.15) is 25.8 Å². The number of ketones is 1. The van der Waals surface area contributed by atoms with Gasteiger partial charge in [-0.05, 0) is 25.3 Å². The van der Waals surface area contributed by atoms with E-state index in [2.05, 4.69) is 0 Å². The van der Waals surface area contributed by atoms with E-state index < -0.39 is 5.54 Å². The Labute approximate surface area is 85.1 Å². The van der Waals surface area contributed by atoms with Gasteiger partial charge in [-0.1, -0.05) is 37.3 Å². The number of hydrogen-bond acceptors (Lipinski definition) is 2. The molecule has 76 valence electrons. The van der Waals surface area contributed by atoms with E-state index in [1.54, 1.807) is 6.92 Å². The molecule has 1 aromatic rings. The molecule has 1 unspecified atom stereocenters. The van der Waals surface area contributed by atoms with Crippen LogP contribution < -0.4 is 5.73 Å². The minimum atomic E-state index is -0.693. The molecule has 0 amide bonds. The topological polar surface area (TPSA) is 43.1 Å². The minimum absolute atomic E-state index is 0.0591. The van der Waals surface area contributed by atoms with Crippen molar-refractivity contribution in [2.24, 2.45) is 5.73 Å². The molecule has 0 aliphatic heterocycles. The van der Waals surface area contributed by atoms with Crippen molar-refractivity contribution in [3.63, 3.8) is 0 Å². The number of rotatable bonds is 4. The maximum atomic E-state index is 11.4. The average Bonchev–Trinajstić information content (AvgIpc) is 2.19. The fourth-order valence-electron chi connectivity index (χ4n) is 1.46. The van der Waals surface area contributed by atoms with Crippen LogP contribution in [-0.2, 0) is 11.2 Å². The third-order valence-electron chi connectivity index (χ3n) is 2.69. The Morgan fingerprint density at radius 3 is 2.36 bits per heavy atom. The Hall–Kier alpha value is -1.15. The van der Waals surface area contributed by atoms with Gasteiger partial charge < -0.3 is 5.73 Å². The normalized spacial score (nSPS) is 14.8. The molecule has 0 fully saturated rings. The Morgan fingerprint density at radius 1 is 1.36 bits per heavy atom. The predicted octanol–water partition coefficient (Wildman–Crippen LogP) is 1.93. The van der Waals surface area contributed by atoms with E-state index >= 15 is 0 Å². The van der Waals surface area contributed by atoms with Crippen LogP contribution in [0, 0.1) is 0 Å². The van der Waals surface area contributed by atoms with E-state index in [0.29, 0.717) is 12.8 Å². The highest BCUT2D eigenvalue weighted by molar-refractivity contribution is 5.86. The second-order valence-corrected chi connectivity index (χ2v) is 3.73. The molecule has 0 radical (unpaired) electrons. The summed E-state index contributed by atoms with van der Waals surface area (Å²) < 4.78 is 0. The SMILES string of the molecule is CCC(N)(Cc1ccccc1)C(C)=O. The summed E-state index contributed by atoms with van der Waals surface area (Å²) in [7, 11) is 0. The van der Waals surface area contributed by atoms with Gasteiger partial charge in [0, 0.05) is 0 Å². The lowest BCUT2D eigenvalue weighted by atomic mass is 9.86. The summed E-state index contributed by atoms with van der Waals surface area (Å²) >= 11 is 0. The van der Waals surface area contributed by atoms with Gasteiger partial charge in [-0.25, -0.2) is 0 Å². The molecule has 2 heteroatoms. The molecule has 0 saturated carbocycles. The summed E-state index contributed by atoms with van der Waals surface area (Å²) in [5.74, 6) is 0.0591. The van der Waals surface area contributed by atoms with Crippen molar-refractivity contribution in [2.45, 2.75) is 32.2 Å². The third kappa shape index (κ3) is 2.42. The van der Waals surface area contributed by atoms with Gasteiger partial charge in [0.25, 0.3) is 0 Å². The minimum Gasteiger partial charge on any atom is -0.319 e. The second kappa shape index (κ2) is 4.38. The number of nitrogens with two attached hydrogens (primary N) is 1. The van der Waals surface area contributed by atoms with Crippen LogP contribution in [0.15, 0.2) is 30.3 Å². The highest BCUT2D eigenvalue weighted by Gasteiger charge is 2.28. The van der Waals surface area contributed by atoms with Gasteiger partial charge in [0.2, 0.25) is 0 Å². The monoisotopic (exact) mass is 191 g/mol. The molecule has 2 N–H and O–H groups in total. The molecule has 1 rings (SSSR count). The largest absolute Gasteiger partial charge is 0.319 e. The first-order chi connectivity index (χ1) is 6.58. The highest BCUT2D eigenvalue weighted by Crippen LogP contribution is 2.15. The number of carbonyl (C=O) groups excluding carboxylic acids is 1. The average molecular weight is 191 g/mol. The maximum Gasteiger partial charge on any atom is 0.149 e. The highest BCUT2D eigenvalue weighted by atomic mass is 16.1. The fraction of sp³-hybridized carbons (Fsp3) is 0.417. The van der Waals surface area contributed by atoms with E-state index in [0.717, 1.165) is 5.56 Å². The van der Waals surface area contributed by atoms with Crippen LogP contribution in [0.3, 0.4) is 0 Å². The van der Waals surface area contributed by atoms with Crippen molar-refractivity contribution in [2.75, 3.05) is 0 Å². The standard InChI is InChI=1S/C12H17NO/c1-3-12(13,10(2)14)9-11-7-5-4-6-8-11/h4-8H,3,9,13H2,1-2H3. The Balaban J connectivity index is 2.81. The second-order valence-electron chi connectivity index (χ2n) is 3.73. The van der Waals surface area contributed by atoms with Crippen molar-refractivity contribution >= 4 is 5.78 Å². The summed E-state index contributed by atoms with van der Waals surface area (Å²) in [6.45, 7) is 3.51. The van der Waals surface area contributed by atoms with Gasteiger partial charge in [-0.15, -0.1) is 0 Å². The summed E-state index contributed by atoms with van der Waals surface area (Å²) in [5, 5.41) is 0. The van der Waals surface area contributed by atoms with Gasteiger partial charge in [-0.2, -0.15) is 0 Å². The molecule has 0 aliphatic rings. The zero-order valence-corrected chi connectivity index (χ0v) is 8.79. The van der Waals surface area contributed by atoms with Crippen LogP contribution in [-0.4, -0.2) is 11.3 Å². The molecule has 0 heterocycles. The Kier molecular flexibility index (Phi) is 3.42. The zero-order valence-electron chi connectivity index (χ0n) is 8.79. The van der Waals surface area contributed by atoms with Gasteiger partial charge in [0.05, 0.1) is 5.54 Å². The summed E-state index contributed by atoms with van der Waals surface area (Å²) in [6, 6.07) is 9.89. The summed E-state index contributed by atoms with van der Waals surface area (Å²) in [6.07, 6.45) is 1.30. The van der Waals surface area contributed by atoms with E-state index in [9.17, 15) is 4.79 Å². The first-order valence-corrected chi connectivity index (χ1v) is 4.92. The maximum absolute atomic E-state index is 11.4. The van der Waals surface area contributed by atoms with Crippen molar-refractivity contribution < 1.29 is 4.79 Å². The molecular weight excluding hydrogens is 174 g/mol. The van der Waals surface area contributed by atoms with Crippen LogP contribution in [0.5, 0.6) is 0 Å². The smallest absolute Gasteiger partial charge is 0.149 e. The van der Waals surface area contributed by atoms with Gasteiger partial charge in [0.1, 0.15) is 5.78 Å². The molecule has 14 heavy (non-hydrogen) atoms. The molecule has 1 atom stereocenters. The molecule has 0 saturated heterocycles. The molecule has 1 aromatic carbocycles. The van der Waals surface area contributed by atoms with Gasteiger partial charge in [-0.3, -0.25) is 4.79 Å². The first kappa shape index (κ1) is 10.9. The molecule has 0 aliphatic carbocycles. The quantitative estimate of drug-likeness (QED) is 0.790. The lowest BCUT2D eigenvalue weighted by Crippen LogP contribution is -2.48. The van der Waals surface area contributed by atoms with Crippen LogP contribution in [0.25, 0.3) is 0 Å². The van der Waals surface area contributed by atoms with Gasteiger partial charge in [0.15, 0.2) is 0 Å². The van der Waals surface area contributed by atoms with E-state index in [1.807, 2.05) is 37.3 Å². The molecule has 0 bridgehead atoms. The van der Waals surface area contributed by atoms with Crippen LogP contribution in [0.4, 0.5) is 0 Å². The third-order valence-corrected chi connectivity index (χ3v) is 2.69. The van der Waals surface area contributed by atoms with Crippen LogP contribution in [0.2, 0.25) is 0 Å². The Bertz CT molecular complexity index is 307. The molecule has 0 spiro atoms. The number of Topliss-reactive ketones (excluding diaryl/α,β-unsaturated/α-hetero) is 1. The molecule has 0 aromatic heterocycles. The zero-order chi connectivity index (χ0) is 10.6.